The molecule has 0 fully saturated rings. The number of rotatable bonds is 3. The van der Waals surface area contributed by atoms with Crippen LogP contribution in [0.2, 0.25) is 0 Å². The molecule has 1 aromatic rings. The van der Waals surface area contributed by atoms with E-state index in [1.807, 2.05) is 6.07 Å². The maximum atomic E-state index is 11.0. The Balaban J connectivity index is 3.13. The van der Waals surface area contributed by atoms with Crippen LogP contribution in [0.15, 0.2) is 24.3 Å². The highest BCUT2D eigenvalue weighted by Gasteiger charge is 2.10. The van der Waals surface area contributed by atoms with E-state index in [0.29, 0.717) is 11.1 Å². The van der Waals surface area contributed by atoms with Gasteiger partial charge >= 0.3 is 5.97 Å². The second kappa shape index (κ2) is 4.97. The van der Waals surface area contributed by atoms with Crippen molar-refractivity contribution in [3.63, 3.8) is 0 Å². The average molecular weight is 201 g/mol. The summed E-state index contributed by atoms with van der Waals surface area (Å²) in [4.78, 5) is 11.0. The Bertz CT molecular complexity index is 441. The van der Waals surface area contributed by atoms with Gasteiger partial charge < -0.3 is 5.11 Å². The van der Waals surface area contributed by atoms with Crippen molar-refractivity contribution in [2.45, 2.75) is 13.3 Å². The number of aryl methyl sites for hydroxylation is 1. The molecule has 0 saturated heterocycles. The molecule has 15 heavy (non-hydrogen) atoms. The molecule has 3 heteroatoms. The number of benzene rings is 1. The number of aromatic carboxylic acids is 1. The summed E-state index contributed by atoms with van der Waals surface area (Å²) in [5, 5.41) is 17.4. The minimum atomic E-state index is -0.940. The lowest BCUT2D eigenvalue weighted by molar-refractivity contribution is 0.0696. The Morgan fingerprint density at radius 1 is 1.60 bits per heavy atom. The first-order chi connectivity index (χ1) is 7.16. The van der Waals surface area contributed by atoms with Crippen molar-refractivity contribution in [2.75, 3.05) is 0 Å². The molecular weight excluding hydrogens is 190 g/mol. The Hall–Kier alpha value is -2.08. The van der Waals surface area contributed by atoms with Crippen LogP contribution in [0.5, 0.6) is 0 Å². The molecule has 0 atom stereocenters. The third-order valence-electron chi connectivity index (χ3n) is 2.03. The van der Waals surface area contributed by atoms with Gasteiger partial charge in [0.2, 0.25) is 0 Å². The molecule has 0 aliphatic carbocycles. The van der Waals surface area contributed by atoms with Crippen LogP contribution in [-0.2, 0) is 0 Å². The van der Waals surface area contributed by atoms with Crippen LogP contribution in [0.3, 0.4) is 0 Å². The Morgan fingerprint density at radius 2 is 2.33 bits per heavy atom. The number of hydrogen-bond acceptors (Lipinski definition) is 2. The predicted molar refractivity (Wildman–Crippen MR) is 57.4 cm³/mol. The molecule has 0 aromatic heterocycles. The van der Waals surface area contributed by atoms with E-state index in [1.165, 1.54) is 0 Å². The van der Waals surface area contributed by atoms with Gasteiger partial charge in [0.25, 0.3) is 0 Å². The third kappa shape index (κ3) is 2.68. The molecule has 0 saturated carbocycles. The van der Waals surface area contributed by atoms with Gasteiger partial charge in [-0.25, -0.2) is 4.79 Å². The number of allylic oxidation sites excluding steroid dienone is 1. The number of hydrogen-bond donors (Lipinski definition) is 1. The number of nitrogens with zero attached hydrogens (tertiary/aromatic N) is 1. The van der Waals surface area contributed by atoms with Crippen LogP contribution >= 0.6 is 0 Å². The summed E-state index contributed by atoms with van der Waals surface area (Å²) in [6, 6.07) is 7.25. The van der Waals surface area contributed by atoms with Crippen molar-refractivity contribution in [1.82, 2.24) is 0 Å². The highest BCUT2D eigenvalue weighted by atomic mass is 16.4. The third-order valence-corrected chi connectivity index (χ3v) is 2.03. The number of carboxylic acids is 1. The highest BCUT2D eigenvalue weighted by molar-refractivity contribution is 5.93. The van der Waals surface area contributed by atoms with E-state index in [4.69, 9.17) is 10.4 Å². The standard InChI is InChI=1S/C12H11NO2/c1-9-5-4-7-10(6-2-3-8-13)11(9)12(14)15/h2,4-7H,3H2,1H3,(H,14,15). The molecule has 3 nitrogen and oxygen atoms in total. The van der Waals surface area contributed by atoms with Crippen LogP contribution in [0.4, 0.5) is 0 Å². The fourth-order valence-corrected chi connectivity index (χ4v) is 1.36. The van der Waals surface area contributed by atoms with Gasteiger partial charge in [-0.3, -0.25) is 0 Å². The second-order valence-corrected chi connectivity index (χ2v) is 3.11. The van der Waals surface area contributed by atoms with Crippen LogP contribution < -0.4 is 0 Å². The van der Waals surface area contributed by atoms with Crippen molar-refractivity contribution in [2.24, 2.45) is 0 Å². The maximum Gasteiger partial charge on any atom is 0.336 e. The summed E-state index contributed by atoms with van der Waals surface area (Å²) >= 11 is 0. The SMILES string of the molecule is Cc1cccc(C=CCC#N)c1C(=O)O. The minimum absolute atomic E-state index is 0.285. The Kier molecular flexibility index (Phi) is 3.64. The molecule has 1 rings (SSSR count). The molecule has 0 amide bonds. The molecule has 0 aliphatic heterocycles. The molecule has 1 N–H and O–H groups in total. The summed E-state index contributed by atoms with van der Waals surface area (Å²) in [7, 11) is 0. The van der Waals surface area contributed by atoms with Gasteiger partial charge in [0.05, 0.1) is 18.1 Å². The predicted octanol–water partition coefficient (Wildman–Crippen LogP) is 2.62. The summed E-state index contributed by atoms with van der Waals surface area (Å²) in [5.74, 6) is -0.940. The first-order valence-corrected chi connectivity index (χ1v) is 4.53. The van der Waals surface area contributed by atoms with Crippen molar-refractivity contribution in [3.05, 3.63) is 41.0 Å². The van der Waals surface area contributed by atoms with E-state index in [9.17, 15) is 4.79 Å². The average Bonchev–Trinajstić information content (AvgIpc) is 2.17. The molecule has 76 valence electrons. The van der Waals surface area contributed by atoms with E-state index < -0.39 is 5.97 Å². The smallest absolute Gasteiger partial charge is 0.336 e. The number of nitriles is 1. The zero-order valence-electron chi connectivity index (χ0n) is 8.40. The monoisotopic (exact) mass is 201 g/mol. The van der Waals surface area contributed by atoms with Gasteiger partial charge in [-0.2, -0.15) is 5.26 Å². The summed E-state index contributed by atoms with van der Waals surface area (Å²) in [6.45, 7) is 1.76. The van der Waals surface area contributed by atoms with E-state index in [2.05, 4.69) is 0 Å². The molecule has 1 aromatic carbocycles. The quantitative estimate of drug-likeness (QED) is 0.817. The van der Waals surface area contributed by atoms with Gasteiger partial charge in [0.15, 0.2) is 0 Å². The number of carbonyl (C=O) groups is 1. The first-order valence-electron chi connectivity index (χ1n) is 4.53. The summed E-state index contributed by atoms with van der Waals surface area (Å²) in [5.41, 5.74) is 1.66. The van der Waals surface area contributed by atoms with Gasteiger partial charge in [-0.05, 0) is 18.1 Å². The summed E-state index contributed by atoms with van der Waals surface area (Å²) in [6.07, 6.45) is 3.61. The van der Waals surface area contributed by atoms with Crippen LogP contribution in [0, 0.1) is 18.3 Å². The van der Waals surface area contributed by atoms with E-state index in [1.54, 1.807) is 37.3 Å². The molecule has 0 aliphatic rings. The minimum Gasteiger partial charge on any atom is -0.478 e. The lowest BCUT2D eigenvalue weighted by Crippen LogP contribution is -2.02. The molecule has 0 spiro atoms. The molecule has 0 radical (unpaired) electrons. The van der Waals surface area contributed by atoms with Crippen molar-refractivity contribution >= 4 is 12.0 Å². The molecule has 0 unspecified atom stereocenters. The van der Waals surface area contributed by atoms with Gasteiger partial charge in [-0.1, -0.05) is 30.4 Å². The topological polar surface area (TPSA) is 61.1 Å². The number of carboxylic acid groups (broad SMARTS) is 1. The van der Waals surface area contributed by atoms with Crippen LogP contribution in [-0.4, -0.2) is 11.1 Å². The van der Waals surface area contributed by atoms with Gasteiger partial charge in [-0.15, -0.1) is 0 Å². The Morgan fingerprint density at radius 3 is 2.93 bits per heavy atom. The fourth-order valence-electron chi connectivity index (χ4n) is 1.36. The highest BCUT2D eigenvalue weighted by Crippen LogP contribution is 2.15. The zero-order valence-corrected chi connectivity index (χ0v) is 8.40. The lowest BCUT2D eigenvalue weighted by Gasteiger charge is -2.04. The lowest BCUT2D eigenvalue weighted by atomic mass is 10.0. The normalized spacial score (nSPS) is 10.1. The van der Waals surface area contributed by atoms with E-state index in [-0.39, 0.29) is 6.42 Å². The molecular formula is C12H11NO2. The maximum absolute atomic E-state index is 11.0. The first kappa shape index (κ1) is 11.0. The van der Waals surface area contributed by atoms with Crippen molar-refractivity contribution in [1.29, 1.82) is 5.26 Å². The van der Waals surface area contributed by atoms with Crippen LogP contribution in [0.1, 0.15) is 27.9 Å². The summed E-state index contributed by atoms with van der Waals surface area (Å²) < 4.78 is 0. The molecule has 0 bridgehead atoms. The van der Waals surface area contributed by atoms with E-state index >= 15 is 0 Å². The fraction of sp³-hybridized carbons (Fsp3) is 0.167. The second-order valence-electron chi connectivity index (χ2n) is 3.11. The Labute approximate surface area is 88.3 Å². The van der Waals surface area contributed by atoms with Crippen molar-refractivity contribution < 1.29 is 9.90 Å². The zero-order chi connectivity index (χ0) is 11.3. The largest absolute Gasteiger partial charge is 0.478 e. The van der Waals surface area contributed by atoms with E-state index in [0.717, 1.165) is 5.56 Å². The van der Waals surface area contributed by atoms with Crippen LogP contribution in [0.25, 0.3) is 6.08 Å². The van der Waals surface area contributed by atoms with Gasteiger partial charge in [0, 0.05) is 0 Å². The van der Waals surface area contributed by atoms with Crippen molar-refractivity contribution in [3.8, 4) is 6.07 Å². The van der Waals surface area contributed by atoms with Gasteiger partial charge in [0.1, 0.15) is 0 Å². The molecule has 0 heterocycles.